The van der Waals surface area contributed by atoms with Gasteiger partial charge in [-0.15, -0.1) is 11.3 Å². The molecule has 6 heteroatoms. The normalized spacial score (nSPS) is 11.1. The number of carbonyl (C=O) groups excluding carboxylic acids is 1. The number of ether oxygens (including phenoxy) is 1. The molecular weight excluding hydrogens is 240 g/mol. The largest absolute Gasteiger partial charge is 0.495 e. The summed E-state index contributed by atoms with van der Waals surface area (Å²) < 4.78 is 4.92. The second-order valence-electron chi connectivity index (χ2n) is 4.16. The molecule has 1 heterocycles. The highest BCUT2D eigenvalue weighted by atomic mass is 32.1. The molecule has 0 bridgehead atoms. The minimum atomic E-state index is -0.939. The second-order valence-corrected chi connectivity index (χ2v) is 5.02. The molecule has 1 aromatic rings. The van der Waals surface area contributed by atoms with Crippen molar-refractivity contribution < 1.29 is 14.6 Å². The van der Waals surface area contributed by atoms with Gasteiger partial charge >= 0.3 is 0 Å². The van der Waals surface area contributed by atoms with Crippen molar-refractivity contribution >= 4 is 23.0 Å². The van der Waals surface area contributed by atoms with Crippen LogP contribution in [0.25, 0.3) is 5.76 Å². The maximum absolute atomic E-state index is 11.7. The van der Waals surface area contributed by atoms with Crippen LogP contribution in [0.1, 0.15) is 29.3 Å². The number of methoxy groups -OCH3 is 1. The zero-order valence-corrected chi connectivity index (χ0v) is 10.9. The third-order valence-electron chi connectivity index (χ3n) is 1.91. The molecule has 0 saturated heterocycles. The third kappa shape index (κ3) is 4.16. The Morgan fingerprint density at radius 3 is 2.88 bits per heavy atom. The predicted octanol–water partition coefficient (Wildman–Crippen LogP) is 1.26. The van der Waals surface area contributed by atoms with Crippen molar-refractivity contribution in [1.29, 1.82) is 0 Å². The molecule has 0 aliphatic carbocycles. The van der Waals surface area contributed by atoms with Crippen LogP contribution in [0.15, 0.2) is 12.0 Å². The molecule has 94 valence electrons. The summed E-state index contributed by atoms with van der Waals surface area (Å²) in [6.07, 6.45) is 0. The monoisotopic (exact) mass is 256 g/mol. The summed E-state index contributed by atoms with van der Waals surface area (Å²) in [4.78, 5) is 15.8. The molecule has 0 atom stereocenters. The predicted molar refractivity (Wildman–Crippen MR) is 66.8 cm³/mol. The lowest BCUT2D eigenvalue weighted by Crippen LogP contribution is -2.38. The van der Waals surface area contributed by atoms with Crippen LogP contribution in [-0.2, 0) is 4.74 Å². The molecule has 2 N–H and O–H groups in total. The van der Waals surface area contributed by atoms with Gasteiger partial charge in [0.05, 0.1) is 12.7 Å². The van der Waals surface area contributed by atoms with Crippen molar-refractivity contribution in [2.45, 2.75) is 19.4 Å². The quantitative estimate of drug-likeness (QED) is 0.778. The van der Waals surface area contributed by atoms with E-state index in [-0.39, 0.29) is 12.5 Å². The fraction of sp³-hybridized carbons (Fsp3) is 0.455. The summed E-state index contributed by atoms with van der Waals surface area (Å²) in [6, 6.07) is 0. The smallest absolute Gasteiger partial charge is 0.280 e. The Morgan fingerprint density at radius 1 is 1.71 bits per heavy atom. The molecule has 0 saturated carbocycles. The number of aliphatic hydroxyl groups is 1. The molecule has 1 aromatic heterocycles. The SMILES string of the molecule is C=C(OC)c1csc(C(=O)NCC(C)(C)O)n1. The molecule has 0 aliphatic rings. The van der Waals surface area contributed by atoms with Gasteiger partial charge in [-0.25, -0.2) is 4.98 Å². The van der Waals surface area contributed by atoms with Gasteiger partial charge in [-0.05, 0) is 13.8 Å². The van der Waals surface area contributed by atoms with Gasteiger partial charge in [-0.1, -0.05) is 6.58 Å². The van der Waals surface area contributed by atoms with Crippen LogP contribution in [0.4, 0.5) is 0 Å². The van der Waals surface area contributed by atoms with E-state index in [9.17, 15) is 9.90 Å². The Bertz CT molecular complexity index is 421. The standard InChI is InChI=1S/C11H16N2O3S/c1-7(16-4)8-5-17-10(13-8)9(14)12-6-11(2,3)15/h5,15H,1,6H2,2-4H3,(H,12,14). The highest BCUT2D eigenvalue weighted by molar-refractivity contribution is 7.11. The highest BCUT2D eigenvalue weighted by Gasteiger charge is 2.17. The first-order valence-electron chi connectivity index (χ1n) is 5.03. The molecule has 0 fully saturated rings. The number of amides is 1. The average Bonchev–Trinajstić information content (AvgIpc) is 2.73. The lowest BCUT2D eigenvalue weighted by molar-refractivity contribution is 0.0694. The van der Waals surface area contributed by atoms with Gasteiger partial charge in [0.2, 0.25) is 0 Å². The minimum absolute atomic E-state index is 0.173. The average molecular weight is 256 g/mol. The number of nitrogens with one attached hydrogen (secondary N) is 1. The van der Waals surface area contributed by atoms with E-state index >= 15 is 0 Å². The summed E-state index contributed by atoms with van der Waals surface area (Å²) in [5.41, 5.74) is -0.391. The first-order valence-corrected chi connectivity index (χ1v) is 5.91. The topological polar surface area (TPSA) is 71.5 Å². The zero-order chi connectivity index (χ0) is 13.1. The van der Waals surface area contributed by atoms with Gasteiger partial charge in [-0.3, -0.25) is 4.79 Å². The second kappa shape index (κ2) is 5.29. The van der Waals surface area contributed by atoms with Crippen LogP contribution in [-0.4, -0.2) is 35.3 Å². The summed E-state index contributed by atoms with van der Waals surface area (Å²) in [7, 11) is 1.50. The zero-order valence-electron chi connectivity index (χ0n) is 10.1. The van der Waals surface area contributed by atoms with E-state index in [2.05, 4.69) is 16.9 Å². The number of hydrogen-bond acceptors (Lipinski definition) is 5. The molecule has 0 spiro atoms. The maximum atomic E-state index is 11.7. The Balaban J connectivity index is 2.64. The van der Waals surface area contributed by atoms with Gasteiger partial charge in [0.25, 0.3) is 5.91 Å². The summed E-state index contributed by atoms with van der Waals surface area (Å²) >= 11 is 1.21. The number of rotatable bonds is 5. The Hall–Kier alpha value is -1.40. The third-order valence-corrected chi connectivity index (χ3v) is 2.75. The number of aromatic nitrogens is 1. The molecule has 0 radical (unpaired) electrons. The fourth-order valence-electron chi connectivity index (χ4n) is 0.983. The fourth-order valence-corrected chi connectivity index (χ4v) is 1.72. The van der Waals surface area contributed by atoms with Gasteiger partial charge in [0, 0.05) is 11.9 Å². The summed E-state index contributed by atoms with van der Waals surface area (Å²) in [5.74, 6) is 0.107. The molecule has 5 nitrogen and oxygen atoms in total. The molecule has 0 aliphatic heterocycles. The van der Waals surface area contributed by atoms with Crippen molar-refractivity contribution in [3.05, 3.63) is 22.7 Å². The first kappa shape index (κ1) is 13.7. The van der Waals surface area contributed by atoms with E-state index < -0.39 is 5.60 Å². The van der Waals surface area contributed by atoms with Crippen molar-refractivity contribution in [1.82, 2.24) is 10.3 Å². The van der Waals surface area contributed by atoms with E-state index in [0.29, 0.717) is 16.5 Å². The maximum Gasteiger partial charge on any atom is 0.280 e. The molecular formula is C11H16N2O3S. The number of carbonyl (C=O) groups is 1. The van der Waals surface area contributed by atoms with E-state index in [0.717, 1.165) is 0 Å². The molecule has 1 rings (SSSR count). The van der Waals surface area contributed by atoms with Crippen LogP contribution < -0.4 is 5.32 Å². The van der Waals surface area contributed by atoms with Gasteiger partial charge in [0.15, 0.2) is 5.01 Å². The number of nitrogens with zero attached hydrogens (tertiary/aromatic N) is 1. The van der Waals surface area contributed by atoms with Crippen LogP contribution in [0.3, 0.4) is 0 Å². The van der Waals surface area contributed by atoms with Crippen LogP contribution >= 0.6 is 11.3 Å². The molecule has 0 aromatic carbocycles. The minimum Gasteiger partial charge on any atom is -0.495 e. The number of hydrogen-bond donors (Lipinski definition) is 2. The lowest BCUT2D eigenvalue weighted by Gasteiger charge is -2.16. The van der Waals surface area contributed by atoms with Crippen molar-refractivity contribution in [2.75, 3.05) is 13.7 Å². The van der Waals surface area contributed by atoms with Crippen LogP contribution in [0.2, 0.25) is 0 Å². The van der Waals surface area contributed by atoms with Crippen molar-refractivity contribution in [2.24, 2.45) is 0 Å². The van der Waals surface area contributed by atoms with Gasteiger partial charge < -0.3 is 15.2 Å². The Morgan fingerprint density at radius 2 is 2.35 bits per heavy atom. The van der Waals surface area contributed by atoms with E-state index in [1.807, 2.05) is 0 Å². The lowest BCUT2D eigenvalue weighted by atomic mass is 10.1. The van der Waals surface area contributed by atoms with Gasteiger partial charge in [-0.2, -0.15) is 0 Å². The van der Waals surface area contributed by atoms with Crippen LogP contribution in [0, 0.1) is 0 Å². The van der Waals surface area contributed by atoms with Crippen molar-refractivity contribution in [3.8, 4) is 0 Å². The highest BCUT2D eigenvalue weighted by Crippen LogP contribution is 2.16. The molecule has 1 amide bonds. The summed E-state index contributed by atoms with van der Waals surface area (Å²) in [6.45, 7) is 7.06. The van der Waals surface area contributed by atoms with Gasteiger partial charge in [0.1, 0.15) is 11.5 Å². The van der Waals surface area contributed by atoms with E-state index in [1.165, 1.54) is 18.4 Å². The Kier molecular flexibility index (Phi) is 4.25. The van der Waals surface area contributed by atoms with Crippen molar-refractivity contribution in [3.63, 3.8) is 0 Å². The summed E-state index contributed by atoms with van der Waals surface area (Å²) in [5, 5.41) is 14.1. The van der Waals surface area contributed by atoms with E-state index in [1.54, 1.807) is 19.2 Å². The van der Waals surface area contributed by atoms with E-state index in [4.69, 9.17) is 4.74 Å². The molecule has 0 unspecified atom stereocenters. The molecule has 17 heavy (non-hydrogen) atoms. The first-order chi connectivity index (χ1) is 7.83. The number of thiazole rings is 1. The Labute approximate surface area is 104 Å². The van der Waals surface area contributed by atoms with Crippen LogP contribution in [0.5, 0.6) is 0 Å².